The molecular formula is C22H33N3O4Si. The molecule has 2 N–H and O–H groups in total. The Kier molecular flexibility index (Phi) is 7.51. The second kappa shape index (κ2) is 8.92. The van der Waals surface area contributed by atoms with E-state index >= 15 is 0 Å². The molecule has 0 aliphatic rings. The van der Waals surface area contributed by atoms with E-state index in [9.17, 15) is 9.59 Å². The van der Waals surface area contributed by atoms with Gasteiger partial charge in [0.1, 0.15) is 11.2 Å². The lowest BCUT2D eigenvalue weighted by Crippen LogP contribution is -2.49. The molecule has 7 nitrogen and oxygen atoms in total. The van der Waals surface area contributed by atoms with Gasteiger partial charge in [-0.3, -0.25) is 0 Å². The van der Waals surface area contributed by atoms with E-state index in [1.807, 2.05) is 12.1 Å². The van der Waals surface area contributed by atoms with Crippen molar-refractivity contribution in [2.75, 3.05) is 0 Å². The molecule has 0 spiro atoms. The Morgan fingerprint density at radius 2 is 1.50 bits per heavy atom. The smallest absolute Gasteiger partial charge is 0.427 e. The third kappa shape index (κ3) is 7.56. The minimum absolute atomic E-state index is 0.370. The minimum Gasteiger partial charge on any atom is -0.443 e. The van der Waals surface area contributed by atoms with Gasteiger partial charge >= 0.3 is 12.2 Å². The molecule has 2 amide bonds. The molecule has 0 aliphatic carbocycles. The molecule has 0 heterocycles. The normalized spacial score (nSPS) is 12.7. The van der Waals surface area contributed by atoms with Crippen LogP contribution in [0.3, 0.4) is 0 Å². The van der Waals surface area contributed by atoms with Crippen molar-refractivity contribution in [1.82, 2.24) is 4.90 Å². The van der Waals surface area contributed by atoms with E-state index in [1.165, 1.54) is 0 Å². The van der Waals surface area contributed by atoms with E-state index in [1.54, 1.807) is 47.6 Å². The number of carbonyl (C=O) groups excluding carboxylic acids is 2. The van der Waals surface area contributed by atoms with E-state index in [0.717, 1.165) is 5.19 Å². The maximum atomic E-state index is 12.7. The van der Waals surface area contributed by atoms with Gasteiger partial charge in [0.05, 0.1) is 13.8 Å². The number of nitrogens with zero attached hydrogens (tertiary/aromatic N) is 2. The molecule has 0 unspecified atom stereocenters. The number of nitrogens with two attached hydrogens (primary N) is 1. The van der Waals surface area contributed by atoms with Crippen molar-refractivity contribution in [3.63, 3.8) is 0 Å². The molecule has 0 aliphatic heterocycles. The Morgan fingerprint density at radius 3 is 1.87 bits per heavy atom. The highest BCUT2D eigenvalue weighted by Gasteiger charge is 2.34. The van der Waals surface area contributed by atoms with E-state index in [4.69, 9.17) is 21.6 Å². The van der Waals surface area contributed by atoms with E-state index in [2.05, 4.69) is 30.6 Å². The second-order valence-electron chi connectivity index (χ2n) is 9.89. The van der Waals surface area contributed by atoms with Gasteiger partial charge in [-0.15, -0.1) is 11.3 Å². The Bertz CT molecular complexity index is 854. The van der Waals surface area contributed by atoms with Gasteiger partial charge < -0.3 is 15.2 Å². The van der Waals surface area contributed by atoms with Crippen LogP contribution in [0.5, 0.6) is 0 Å². The summed E-state index contributed by atoms with van der Waals surface area (Å²) in [6, 6.07) is 5.56. The first kappa shape index (κ1) is 25.2. The number of amides is 2. The minimum atomic E-state index is -1.59. The zero-order chi connectivity index (χ0) is 23.5. The highest BCUT2D eigenvalue weighted by Crippen LogP contribution is 2.20. The van der Waals surface area contributed by atoms with Crippen LogP contribution in [0.25, 0.3) is 0 Å². The van der Waals surface area contributed by atoms with Crippen molar-refractivity contribution in [2.24, 2.45) is 10.7 Å². The van der Waals surface area contributed by atoms with Crippen molar-refractivity contribution < 1.29 is 19.1 Å². The van der Waals surface area contributed by atoms with Crippen molar-refractivity contribution in [3.05, 3.63) is 23.8 Å². The number of ether oxygens (including phenoxy) is 2. The lowest BCUT2D eigenvalue weighted by Gasteiger charge is -2.28. The van der Waals surface area contributed by atoms with Gasteiger partial charge in [0.2, 0.25) is 5.96 Å². The van der Waals surface area contributed by atoms with Crippen LogP contribution in [0, 0.1) is 12.3 Å². The monoisotopic (exact) mass is 431 g/mol. The fraction of sp³-hybridized carbons (Fsp3) is 0.500. The van der Waals surface area contributed by atoms with Gasteiger partial charge in [-0.1, -0.05) is 36.8 Å². The molecule has 0 radical (unpaired) electrons. The van der Waals surface area contributed by atoms with Crippen LogP contribution < -0.4 is 10.9 Å². The molecule has 0 bridgehead atoms. The van der Waals surface area contributed by atoms with E-state index in [-0.39, 0.29) is 0 Å². The standard InChI is InChI=1S/C22H33N3O4Si/c1-11-15-14-16(30(8,9)10)12-13-17(15)24-18(23)25(19(26)28-21(2,3)4)20(27)29-22(5,6)7/h1,12-14H,2-10H3,(H2,23,24). The average Bonchev–Trinajstić information content (AvgIpc) is 2.50. The molecule has 0 saturated heterocycles. The summed E-state index contributed by atoms with van der Waals surface area (Å²) in [5.74, 6) is 2.20. The number of rotatable bonds is 2. The van der Waals surface area contributed by atoms with Crippen LogP contribution in [0.2, 0.25) is 19.6 Å². The fourth-order valence-electron chi connectivity index (χ4n) is 2.27. The number of hydrogen-bond acceptors (Lipinski definition) is 5. The summed E-state index contributed by atoms with van der Waals surface area (Å²) in [6.45, 7) is 16.7. The first-order valence-electron chi connectivity index (χ1n) is 9.66. The van der Waals surface area contributed by atoms with Gasteiger partial charge in [0.25, 0.3) is 0 Å². The SMILES string of the molecule is C#Cc1cc([Si](C)(C)C)ccc1N=C(N)N(C(=O)OC(C)(C)C)C(=O)OC(C)(C)C. The molecular weight excluding hydrogens is 398 g/mol. The third-order valence-corrected chi connectivity index (χ3v) is 5.68. The number of guanidine groups is 1. The predicted molar refractivity (Wildman–Crippen MR) is 123 cm³/mol. The van der Waals surface area contributed by atoms with Gasteiger partial charge in [0, 0.05) is 5.56 Å². The Balaban J connectivity index is 3.43. The summed E-state index contributed by atoms with van der Waals surface area (Å²) in [5.41, 5.74) is 5.25. The number of imide groups is 1. The lowest BCUT2D eigenvalue weighted by atomic mass is 10.2. The van der Waals surface area contributed by atoms with Crippen LogP contribution in [0.15, 0.2) is 23.2 Å². The quantitative estimate of drug-likeness (QED) is 0.325. The highest BCUT2D eigenvalue weighted by molar-refractivity contribution is 6.88. The summed E-state index contributed by atoms with van der Waals surface area (Å²) in [6.07, 6.45) is 3.69. The van der Waals surface area contributed by atoms with Crippen molar-refractivity contribution in [1.29, 1.82) is 0 Å². The Labute approximate surface area is 180 Å². The zero-order valence-electron chi connectivity index (χ0n) is 19.4. The molecule has 0 atom stereocenters. The molecule has 0 saturated carbocycles. The fourth-order valence-corrected chi connectivity index (χ4v) is 3.43. The molecule has 8 heteroatoms. The molecule has 1 rings (SSSR count). The van der Waals surface area contributed by atoms with Gasteiger partial charge in [-0.05, 0) is 53.7 Å². The number of hydrogen-bond donors (Lipinski definition) is 1. The van der Waals surface area contributed by atoms with E-state index < -0.39 is 37.4 Å². The van der Waals surface area contributed by atoms with Crippen molar-refractivity contribution in [3.8, 4) is 12.3 Å². The number of aliphatic imine (C=N–C) groups is 1. The Hall–Kier alpha value is -2.79. The molecule has 1 aromatic rings. The molecule has 0 aromatic heterocycles. The van der Waals surface area contributed by atoms with Gasteiger partial charge in [-0.2, -0.15) is 0 Å². The Morgan fingerprint density at radius 1 is 1.03 bits per heavy atom. The predicted octanol–water partition coefficient (Wildman–Crippen LogP) is 4.33. The zero-order valence-corrected chi connectivity index (χ0v) is 20.4. The third-order valence-electron chi connectivity index (χ3n) is 3.63. The lowest BCUT2D eigenvalue weighted by molar-refractivity contribution is 0.0145. The number of benzene rings is 1. The molecule has 164 valence electrons. The van der Waals surface area contributed by atoms with E-state index in [0.29, 0.717) is 16.2 Å². The first-order chi connectivity index (χ1) is 13.4. The molecule has 0 fully saturated rings. The van der Waals surface area contributed by atoms with Crippen molar-refractivity contribution >= 4 is 37.1 Å². The van der Waals surface area contributed by atoms with Gasteiger partial charge in [0.15, 0.2) is 0 Å². The first-order valence-corrected chi connectivity index (χ1v) is 13.2. The van der Waals surface area contributed by atoms with Crippen LogP contribution >= 0.6 is 0 Å². The highest BCUT2D eigenvalue weighted by atomic mass is 28.3. The summed E-state index contributed by atoms with van der Waals surface area (Å²) in [7, 11) is -1.59. The average molecular weight is 432 g/mol. The second-order valence-corrected chi connectivity index (χ2v) is 15.0. The maximum absolute atomic E-state index is 12.7. The van der Waals surface area contributed by atoms with Gasteiger partial charge in [-0.25, -0.2) is 14.6 Å². The number of terminal acetylenes is 1. The maximum Gasteiger partial charge on any atom is 0.427 e. The summed E-state index contributed by atoms with van der Waals surface area (Å²) in [4.78, 5) is 30.2. The van der Waals surface area contributed by atoms with Crippen molar-refractivity contribution in [2.45, 2.75) is 72.4 Å². The largest absolute Gasteiger partial charge is 0.443 e. The van der Waals surface area contributed by atoms with Crippen LogP contribution in [-0.2, 0) is 9.47 Å². The summed E-state index contributed by atoms with van der Waals surface area (Å²) in [5, 5.41) is 1.16. The molecule has 30 heavy (non-hydrogen) atoms. The topological polar surface area (TPSA) is 94.2 Å². The summed E-state index contributed by atoms with van der Waals surface area (Å²) >= 11 is 0. The molecule has 1 aromatic carbocycles. The van der Waals surface area contributed by atoms with Crippen LogP contribution in [-0.4, -0.2) is 42.3 Å². The van der Waals surface area contributed by atoms with Crippen LogP contribution in [0.1, 0.15) is 47.1 Å². The summed E-state index contributed by atoms with van der Waals surface area (Å²) < 4.78 is 10.6. The number of carbonyl (C=O) groups is 2. The van der Waals surface area contributed by atoms with Crippen LogP contribution in [0.4, 0.5) is 15.3 Å².